The van der Waals surface area contributed by atoms with E-state index in [1.807, 2.05) is 36.4 Å². The number of nitrogens with zero attached hydrogens (tertiary/aromatic N) is 2. The van der Waals surface area contributed by atoms with Gasteiger partial charge < -0.3 is 10.6 Å². The first kappa shape index (κ1) is 24.1. The maximum atomic E-state index is 12.7. The molecule has 0 atom stereocenters. The molecule has 2 aliphatic rings. The molecule has 4 rings (SSSR count). The van der Waals surface area contributed by atoms with Crippen molar-refractivity contribution in [1.82, 2.24) is 0 Å². The number of amides is 2. The largest absolute Gasteiger partial charge is 0.326 e. The third kappa shape index (κ3) is 7.51. The molecule has 0 unspecified atom stereocenters. The van der Waals surface area contributed by atoms with Crippen molar-refractivity contribution in [3.8, 4) is 0 Å². The third-order valence-electron chi connectivity index (χ3n) is 7.09. The fraction of sp³-hybridized carbons (Fsp3) is 0.500. The first-order valence-corrected chi connectivity index (χ1v) is 12.9. The van der Waals surface area contributed by atoms with E-state index in [9.17, 15) is 9.59 Å². The molecule has 6 nitrogen and oxygen atoms in total. The topological polar surface area (TPSA) is 82.9 Å². The average molecular weight is 461 g/mol. The first-order valence-electron chi connectivity index (χ1n) is 12.9. The molecule has 34 heavy (non-hydrogen) atoms. The highest BCUT2D eigenvalue weighted by atomic mass is 16.2. The Morgan fingerprint density at radius 2 is 1.32 bits per heavy atom. The van der Waals surface area contributed by atoms with Gasteiger partial charge in [0, 0.05) is 18.5 Å². The number of hydrogen-bond donors (Lipinski definition) is 2. The number of carbonyl (C=O) groups excluding carboxylic acids is 2. The molecule has 2 saturated carbocycles. The van der Waals surface area contributed by atoms with Gasteiger partial charge in [-0.05, 0) is 55.0 Å². The second-order valence-corrected chi connectivity index (χ2v) is 9.74. The van der Waals surface area contributed by atoms with Gasteiger partial charge in [0.25, 0.3) is 0 Å². The van der Waals surface area contributed by atoms with Crippen molar-refractivity contribution < 1.29 is 9.59 Å². The van der Waals surface area contributed by atoms with Crippen molar-refractivity contribution in [2.24, 2.45) is 22.1 Å². The normalized spacial score (nSPS) is 16.8. The van der Waals surface area contributed by atoms with Crippen LogP contribution in [-0.4, -0.2) is 11.8 Å². The Labute approximate surface area is 202 Å². The predicted molar refractivity (Wildman–Crippen MR) is 137 cm³/mol. The van der Waals surface area contributed by atoms with Crippen LogP contribution in [0.1, 0.15) is 77.0 Å². The smallest absolute Gasteiger partial charge is 0.224 e. The lowest BCUT2D eigenvalue weighted by molar-refractivity contribution is -0.117. The Hall–Kier alpha value is -3.02. The summed E-state index contributed by atoms with van der Waals surface area (Å²) >= 11 is 0. The quantitative estimate of drug-likeness (QED) is 0.353. The number of rotatable bonds is 10. The SMILES string of the molecule is O=C(CCC1CCCC1)Nc1ccc(N=Nc2ccccc2)c(NC(=O)CCC2CCCC2)c1. The summed E-state index contributed by atoms with van der Waals surface area (Å²) in [5.74, 6) is 1.34. The number of azo groups is 1. The van der Waals surface area contributed by atoms with Crippen molar-refractivity contribution in [3.63, 3.8) is 0 Å². The van der Waals surface area contributed by atoms with E-state index >= 15 is 0 Å². The summed E-state index contributed by atoms with van der Waals surface area (Å²) in [6, 6.07) is 14.9. The van der Waals surface area contributed by atoms with Crippen molar-refractivity contribution in [1.29, 1.82) is 0 Å². The third-order valence-corrected chi connectivity index (χ3v) is 7.09. The summed E-state index contributed by atoms with van der Waals surface area (Å²) < 4.78 is 0. The fourth-order valence-corrected chi connectivity index (χ4v) is 5.11. The summed E-state index contributed by atoms with van der Waals surface area (Å²) in [4.78, 5) is 25.2. The molecule has 0 aromatic heterocycles. The number of carbonyl (C=O) groups is 2. The fourth-order valence-electron chi connectivity index (χ4n) is 5.11. The van der Waals surface area contributed by atoms with Crippen LogP contribution in [-0.2, 0) is 9.59 Å². The molecule has 2 amide bonds. The van der Waals surface area contributed by atoms with Gasteiger partial charge in [-0.3, -0.25) is 9.59 Å². The monoisotopic (exact) mass is 460 g/mol. The summed E-state index contributed by atoms with van der Waals surface area (Å²) in [7, 11) is 0. The predicted octanol–water partition coefficient (Wildman–Crippen LogP) is 7.92. The lowest BCUT2D eigenvalue weighted by Crippen LogP contribution is -2.15. The molecule has 6 heteroatoms. The van der Waals surface area contributed by atoms with Gasteiger partial charge >= 0.3 is 0 Å². The molecule has 2 aromatic carbocycles. The summed E-state index contributed by atoms with van der Waals surface area (Å²) in [6.07, 6.45) is 13.0. The van der Waals surface area contributed by atoms with Crippen LogP contribution in [0.4, 0.5) is 22.7 Å². The number of hydrogen-bond acceptors (Lipinski definition) is 4. The van der Waals surface area contributed by atoms with Crippen molar-refractivity contribution >= 4 is 34.6 Å². The summed E-state index contributed by atoms with van der Waals surface area (Å²) in [5, 5.41) is 14.7. The highest BCUT2D eigenvalue weighted by Crippen LogP contribution is 2.32. The minimum absolute atomic E-state index is 0.0177. The van der Waals surface area contributed by atoms with Crippen LogP contribution in [0, 0.1) is 11.8 Å². The second-order valence-electron chi connectivity index (χ2n) is 9.74. The molecule has 0 bridgehead atoms. The Morgan fingerprint density at radius 1 is 0.735 bits per heavy atom. The standard InChI is InChI=1S/C28H36N4O2/c33-27(18-14-21-8-4-5-9-21)29-24-16-17-25(32-31-23-12-2-1-3-13-23)26(20-24)30-28(34)19-15-22-10-6-7-11-22/h1-3,12-13,16-17,20-22H,4-11,14-15,18-19H2,(H,29,33)(H,30,34). The molecule has 0 heterocycles. The molecule has 0 aliphatic heterocycles. The van der Waals surface area contributed by atoms with Crippen LogP contribution >= 0.6 is 0 Å². The van der Waals surface area contributed by atoms with Gasteiger partial charge in [0.1, 0.15) is 5.69 Å². The van der Waals surface area contributed by atoms with E-state index in [1.165, 1.54) is 51.4 Å². The van der Waals surface area contributed by atoms with E-state index in [4.69, 9.17) is 0 Å². The van der Waals surface area contributed by atoms with Gasteiger partial charge in [0.15, 0.2) is 0 Å². The lowest BCUT2D eigenvalue weighted by Gasteiger charge is -2.13. The van der Waals surface area contributed by atoms with E-state index in [-0.39, 0.29) is 11.8 Å². The molecule has 180 valence electrons. The van der Waals surface area contributed by atoms with Crippen LogP contribution in [0.5, 0.6) is 0 Å². The molecular weight excluding hydrogens is 424 g/mol. The van der Waals surface area contributed by atoms with E-state index in [0.29, 0.717) is 41.7 Å². The zero-order valence-corrected chi connectivity index (χ0v) is 20.0. The van der Waals surface area contributed by atoms with Gasteiger partial charge in [-0.15, -0.1) is 5.11 Å². The molecule has 0 spiro atoms. The van der Waals surface area contributed by atoms with E-state index in [0.717, 1.165) is 18.5 Å². The molecule has 2 aliphatic carbocycles. The van der Waals surface area contributed by atoms with Crippen LogP contribution in [0.3, 0.4) is 0 Å². The van der Waals surface area contributed by atoms with Crippen molar-refractivity contribution in [2.45, 2.75) is 77.0 Å². The summed E-state index contributed by atoms with van der Waals surface area (Å²) in [6.45, 7) is 0. The zero-order chi connectivity index (χ0) is 23.6. The van der Waals surface area contributed by atoms with Crippen LogP contribution < -0.4 is 10.6 Å². The number of benzene rings is 2. The van der Waals surface area contributed by atoms with Crippen LogP contribution in [0.2, 0.25) is 0 Å². The molecule has 2 aromatic rings. The van der Waals surface area contributed by atoms with Gasteiger partial charge in [-0.2, -0.15) is 5.11 Å². The highest BCUT2D eigenvalue weighted by Gasteiger charge is 2.18. The Morgan fingerprint density at radius 3 is 1.94 bits per heavy atom. The maximum Gasteiger partial charge on any atom is 0.224 e. The minimum atomic E-state index is -0.0206. The number of nitrogens with one attached hydrogen (secondary N) is 2. The Balaban J connectivity index is 1.41. The Kier molecular flexibility index (Phi) is 8.83. The average Bonchev–Trinajstić information content (AvgIpc) is 3.56. The van der Waals surface area contributed by atoms with Gasteiger partial charge in [-0.25, -0.2) is 0 Å². The maximum absolute atomic E-state index is 12.7. The van der Waals surface area contributed by atoms with E-state index in [2.05, 4.69) is 20.9 Å². The van der Waals surface area contributed by atoms with E-state index in [1.54, 1.807) is 12.1 Å². The Bertz CT molecular complexity index is 977. The van der Waals surface area contributed by atoms with Crippen LogP contribution in [0.15, 0.2) is 58.8 Å². The minimum Gasteiger partial charge on any atom is -0.326 e. The van der Waals surface area contributed by atoms with Gasteiger partial charge in [-0.1, -0.05) is 69.6 Å². The van der Waals surface area contributed by atoms with Gasteiger partial charge in [0.05, 0.1) is 11.4 Å². The molecule has 2 fully saturated rings. The van der Waals surface area contributed by atoms with Crippen molar-refractivity contribution in [2.75, 3.05) is 10.6 Å². The second kappa shape index (κ2) is 12.4. The molecule has 0 radical (unpaired) electrons. The van der Waals surface area contributed by atoms with E-state index < -0.39 is 0 Å². The molecule has 2 N–H and O–H groups in total. The first-order chi connectivity index (χ1) is 16.7. The zero-order valence-electron chi connectivity index (χ0n) is 20.0. The molecule has 0 saturated heterocycles. The summed E-state index contributed by atoms with van der Waals surface area (Å²) in [5.41, 5.74) is 2.55. The van der Waals surface area contributed by atoms with Crippen molar-refractivity contribution in [3.05, 3.63) is 48.5 Å². The highest BCUT2D eigenvalue weighted by molar-refractivity contribution is 5.96. The number of anilines is 2. The van der Waals surface area contributed by atoms with Crippen LogP contribution in [0.25, 0.3) is 0 Å². The lowest BCUT2D eigenvalue weighted by atomic mass is 10.0. The molecular formula is C28H36N4O2. The van der Waals surface area contributed by atoms with Gasteiger partial charge in [0.2, 0.25) is 11.8 Å².